The number of benzene rings is 2. The Balaban J connectivity index is 1.78. The number of imide groups is 1. The molecule has 2 aromatic carbocycles. The summed E-state index contributed by atoms with van der Waals surface area (Å²) in [6.45, 7) is 1.96. The number of rotatable bonds is 2. The van der Waals surface area contributed by atoms with Crippen LogP contribution in [0.15, 0.2) is 47.1 Å². The summed E-state index contributed by atoms with van der Waals surface area (Å²) in [6, 6.07) is 11.8. The van der Waals surface area contributed by atoms with Crippen molar-refractivity contribution >= 4 is 34.4 Å². The molecule has 1 saturated heterocycles. The number of fused-ring (bicyclic) bond motifs is 1. The molecule has 5 heteroatoms. The van der Waals surface area contributed by atoms with E-state index in [4.69, 9.17) is 16.0 Å². The van der Waals surface area contributed by atoms with Crippen molar-refractivity contribution in [3.8, 4) is 11.1 Å². The first-order valence-corrected chi connectivity index (χ1v) is 8.52. The van der Waals surface area contributed by atoms with Crippen LogP contribution in [0, 0.1) is 6.92 Å². The molecule has 2 amide bonds. The van der Waals surface area contributed by atoms with E-state index in [2.05, 4.69) is 5.32 Å². The van der Waals surface area contributed by atoms with Gasteiger partial charge in [-0.05, 0) is 48.2 Å². The molecular formula is C20H16ClNO3. The maximum absolute atomic E-state index is 12.2. The van der Waals surface area contributed by atoms with Gasteiger partial charge in [-0.3, -0.25) is 14.9 Å². The molecule has 0 aliphatic carbocycles. The second-order valence-corrected chi connectivity index (χ2v) is 6.78. The van der Waals surface area contributed by atoms with Crippen LogP contribution < -0.4 is 5.32 Å². The maximum Gasteiger partial charge on any atom is 0.234 e. The lowest BCUT2D eigenvalue weighted by molar-refractivity contribution is -0.134. The third-order valence-corrected chi connectivity index (χ3v) is 5.13. The first-order valence-electron chi connectivity index (χ1n) is 8.14. The molecule has 0 saturated carbocycles. The van der Waals surface area contributed by atoms with Gasteiger partial charge in [0.1, 0.15) is 5.58 Å². The van der Waals surface area contributed by atoms with Crippen molar-refractivity contribution in [2.75, 3.05) is 0 Å². The fraction of sp³-hybridized carbons (Fsp3) is 0.200. The van der Waals surface area contributed by atoms with E-state index in [9.17, 15) is 9.59 Å². The quantitative estimate of drug-likeness (QED) is 0.686. The van der Waals surface area contributed by atoms with E-state index < -0.39 is 0 Å². The average molecular weight is 354 g/mol. The molecule has 1 fully saturated rings. The lowest BCUT2D eigenvalue weighted by atomic mass is 9.89. The van der Waals surface area contributed by atoms with Crippen molar-refractivity contribution in [2.45, 2.75) is 25.7 Å². The number of carbonyl (C=O) groups excluding carboxylic acids is 2. The van der Waals surface area contributed by atoms with Crippen LogP contribution >= 0.6 is 11.6 Å². The lowest BCUT2D eigenvalue weighted by Gasteiger charge is -2.20. The van der Waals surface area contributed by atoms with Crippen LogP contribution in [0.2, 0.25) is 5.02 Å². The standard InChI is InChI=1S/C20H16ClNO3/c1-11-2-3-13(9-17(11)21)12-4-6-18-15(8-12)16(10-25-18)14-5-7-19(23)22-20(14)24/h2-4,6,8-10,14H,5,7H2,1H3,(H,22,23,24). The van der Waals surface area contributed by atoms with E-state index in [1.165, 1.54) is 0 Å². The minimum atomic E-state index is -0.365. The highest BCUT2D eigenvalue weighted by atomic mass is 35.5. The molecule has 1 atom stereocenters. The van der Waals surface area contributed by atoms with Crippen LogP contribution in [0.3, 0.4) is 0 Å². The van der Waals surface area contributed by atoms with Gasteiger partial charge in [0.05, 0.1) is 12.2 Å². The fourth-order valence-corrected chi connectivity index (χ4v) is 3.44. The molecule has 1 aromatic heterocycles. The molecule has 0 bridgehead atoms. The normalized spacial score (nSPS) is 17.8. The summed E-state index contributed by atoms with van der Waals surface area (Å²) in [4.78, 5) is 23.6. The Bertz CT molecular complexity index is 1010. The number of halogens is 1. The molecule has 1 aliphatic rings. The molecule has 1 aliphatic heterocycles. The average Bonchev–Trinajstić information content (AvgIpc) is 3.00. The van der Waals surface area contributed by atoms with E-state index in [-0.39, 0.29) is 17.7 Å². The van der Waals surface area contributed by atoms with Crippen LogP contribution in [0.4, 0.5) is 0 Å². The Morgan fingerprint density at radius 2 is 1.88 bits per heavy atom. The van der Waals surface area contributed by atoms with Gasteiger partial charge in [-0.2, -0.15) is 0 Å². The highest BCUT2D eigenvalue weighted by Crippen LogP contribution is 2.35. The summed E-state index contributed by atoms with van der Waals surface area (Å²) in [5.41, 5.74) is 4.58. The van der Waals surface area contributed by atoms with Gasteiger partial charge in [0.15, 0.2) is 0 Å². The molecule has 2 heterocycles. The first kappa shape index (κ1) is 15.9. The number of hydrogen-bond donors (Lipinski definition) is 1. The topological polar surface area (TPSA) is 59.3 Å². The minimum Gasteiger partial charge on any atom is -0.464 e. The second kappa shape index (κ2) is 6.05. The van der Waals surface area contributed by atoms with Crippen molar-refractivity contribution in [1.82, 2.24) is 5.32 Å². The summed E-state index contributed by atoms with van der Waals surface area (Å²) in [5.74, 6) is -0.845. The largest absolute Gasteiger partial charge is 0.464 e. The van der Waals surface area contributed by atoms with Crippen LogP contribution in [0.1, 0.15) is 29.9 Å². The maximum atomic E-state index is 12.2. The Labute approximate surface area is 149 Å². The lowest BCUT2D eigenvalue weighted by Crippen LogP contribution is -2.39. The van der Waals surface area contributed by atoms with Gasteiger partial charge >= 0.3 is 0 Å². The fourth-order valence-electron chi connectivity index (χ4n) is 3.26. The number of carbonyl (C=O) groups is 2. The van der Waals surface area contributed by atoms with Crippen molar-refractivity contribution in [3.05, 3.63) is 58.8 Å². The Kier molecular flexibility index (Phi) is 3.85. The number of hydrogen-bond acceptors (Lipinski definition) is 3. The molecule has 126 valence electrons. The summed E-state index contributed by atoms with van der Waals surface area (Å²) in [6.07, 6.45) is 2.47. The third-order valence-electron chi connectivity index (χ3n) is 4.72. The number of furan rings is 1. The van der Waals surface area contributed by atoms with Gasteiger partial charge in [-0.15, -0.1) is 0 Å². The zero-order chi connectivity index (χ0) is 17.6. The SMILES string of the molecule is Cc1ccc(-c2ccc3occ(C4CCC(=O)NC4=O)c3c2)cc1Cl. The summed E-state index contributed by atoms with van der Waals surface area (Å²) in [7, 11) is 0. The number of amides is 2. The van der Waals surface area contributed by atoms with Crippen molar-refractivity contribution in [2.24, 2.45) is 0 Å². The molecule has 1 unspecified atom stereocenters. The molecule has 1 N–H and O–H groups in total. The molecule has 4 nitrogen and oxygen atoms in total. The Hall–Kier alpha value is -2.59. The van der Waals surface area contributed by atoms with Gasteiger partial charge in [0.2, 0.25) is 11.8 Å². The van der Waals surface area contributed by atoms with Gasteiger partial charge < -0.3 is 4.42 Å². The smallest absolute Gasteiger partial charge is 0.234 e. The summed E-state index contributed by atoms with van der Waals surface area (Å²) < 4.78 is 5.62. The zero-order valence-corrected chi connectivity index (χ0v) is 14.4. The first-order chi connectivity index (χ1) is 12.0. The molecule has 4 rings (SSSR count). The number of aryl methyl sites for hydroxylation is 1. The molecule has 3 aromatic rings. The van der Waals surface area contributed by atoms with Gasteiger partial charge in [0, 0.05) is 22.4 Å². The van der Waals surface area contributed by atoms with Crippen LogP contribution in [-0.2, 0) is 9.59 Å². The summed E-state index contributed by atoms with van der Waals surface area (Å²) in [5, 5.41) is 4.02. The molecule has 0 spiro atoms. The van der Waals surface area contributed by atoms with Crippen molar-refractivity contribution in [1.29, 1.82) is 0 Å². The van der Waals surface area contributed by atoms with Crippen LogP contribution in [0.25, 0.3) is 22.1 Å². The third kappa shape index (κ3) is 2.83. The van der Waals surface area contributed by atoms with Crippen molar-refractivity contribution in [3.63, 3.8) is 0 Å². The predicted octanol–water partition coefficient (Wildman–Crippen LogP) is 4.58. The second-order valence-electron chi connectivity index (χ2n) is 6.37. The predicted molar refractivity (Wildman–Crippen MR) is 96.5 cm³/mol. The van der Waals surface area contributed by atoms with E-state index in [1.807, 2.05) is 43.3 Å². The highest BCUT2D eigenvalue weighted by Gasteiger charge is 2.30. The number of nitrogens with one attached hydrogen (secondary N) is 1. The van der Waals surface area contributed by atoms with E-state index in [0.717, 1.165) is 38.2 Å². The molecular weight excluding hydrogens is 338 g/mol. The van der Waals surface area contributed by atoms with Crippen molar-refractivity contribution < 1.29 is 14.0 Å². The van der Waals surface area contributed by atoms with Gasteiger partial charge in [0.25, 0.3) is 0 Å². The Morgan fingerprint density at radius 3 is 2.64 bits per heavy atom. The number of piperidine rings is 1. The van der Waals surface area contributed by atoms with Gasteiger partial charge in [-0.25, -0.2) is 0 Å². The van der Waals surface area contributed by atoms with Crippen LogP contribution in [-0.4, -0.2) is 11.8 Å². The van der Waals surface area contributed by atoms with Gasteiger partial charge in [-0.1, -0.05) is 29.8 Å². The molecule has 0 radical (unpaired) electrons. The minimum absolute atomic E-state index is 0.218. The summed E-state index contributed by atoms with van der Waals surface area (Å²) >= 11 is 6.24. The Morgan fingerprint density at radius 1 is 1.12 bits per heavy atom. The zero-order valence-electron chi connectivity index (χ0n) is 13.6. The molecule has 25 heavy (non-hydrogen) atoms. The highest BCUT2D eigenvalue weighted by molar-refractivity contribution is 6.31. The van der Waals surface area contributed by atoms with Crippen LogP contribution in [0.5, 0.6) is 0 Å². The van der Waals surface area contributed by atoms with E-state index in [1.54, 1.807) is 6.26 Å². The van der Waals surface area contributed by atoms with E-state index in [0.29, 0.717) is 12.8 Å². The van der Waals surface area contributed by atoms with E-state index >= 15 is 0 Å². The monoisotopic (exact) mass is 353 g/mol.